The first kappa shape index (κ1) is 15.3. The normalized spacial score (nSPS) is 20.9. The summed E-state index contributed by atoms with van der Waals surface area (Å²) in [5.41, 5.74) is 0.907. The van der Waals surface area contributed by atoms with E-state index in [1.807, 2.05) is 0 Å². The molecule has 2 N–H and O–H groups in total. The Hall–Kier alpha value is -2.57. The van der Waals surface area contributed by atoms with Crippen LogP contribution in [0.25, 0.3) is 0 Å². The molecule has 1 unspecified atom stereocenters. The lowest BCUT2D eigenvalue weighted by atomic mass is 9.81. The zero-order chi connectivity index (χ0) is 16.6. The fourth-order valence-electron chi connectivity index (χ4n) is 2.93. The van der Waals surface area contributed by atoms with Gasteiger partial charge in [0.05, 0.1) is 5.92 Å². The van der Waals surface area contributed by atoms with Crippen molar-refractivity contribution in [2.45, 2.75) is 25.7 Å². The van der Waals surface area contributed by atoms with Gasteiger partial charge in [-0.3, -0.25) is 14.4 Å². The molecule has 3 rings (SSSR count). The Morgan fingerprint density at radius 2 is 1.96 bits per heavy atom. The largest absolute Gasteiger partial charge is 0.329 e. The standard InChI is InChI=1S/C16H14F2N2O3/c17-10-5-4-8(6-11(10)18)19-16(23)9-7-14(22)20-12-2-1-3-13(21)15(9)12/h4-6,9H,1-3,7H2,(H,19,23)(H,20,22). The highest BCUT2D eigenvalue weighted by Crippen LogP contribution is 2.32. The van der Waals surface area contributed by atoms with Crippen LogP contribution in [0.1, 0.15) is 25.7 Å². The van der Waals surface area contributed by atoms with Crippen molar-refractivity contribution in [1.82, 2.24) is 5.32 Å². The molecule has 0 aromatic heterocycles. The van der Waals surface area contributed by atoms with E-state index in [-0.39, 0.29) is 23.8 Å². The van der Waals surface area contributed by atoms with Crippen molar-refractivity contribution in [1.29, 1.82) is 0 Å². The average molecular weight is 320 g/mol. The molecule has 0 saturated carbocycles. The van der Waals surface area contributed by atoms with Gasteiger partial charge in [0, 0.05) is 35.9 Å². The zero-order valence-electron chi connectivity index (χ0n) is 12.1. The lowest BCUT2D eigenvalue weighted by Gasteiger charge is -2.30. The Morgan fingerprint density at radius 1 is 1.17 bits per heavy atom. The van der Waals surface area contributed by atoms with Crippen molar-refractivity contribution in [2.24, 2.45) is 5.92 Å². The smallest absolute Gasteiger partial charge is 0.232 e. The highest BCUT2D eigenvalue weighted by atomic mass is 19.2. The van der Waals surface area contributed by atoms with Gasteiger partial charge in [-0.15, -0.1) is 0 Å². The molecule has 1 aromatic carbocycles. The van der Waals surface area contributed by atoms with E-state index < -0.39 is 23.5 Å². The van der Waals surface area contributed by atoms with Crippen molar-refractivity contribution in [3.05, 3.63) is 41.1 Å². The Bertz CT molecular complexity index is 743. The van der Waals surface area contributed by atoms with E-state index in [0.717, 1.165) is 12.1 Å². The fourth-order valence-corrected chi connectivity index (χ4v) is 2.93. The van der Waals surface area contributed by atoms with Gasteiger partial charge in [0.15, 0.2) is 17.4 Å². The van der Waals surface area contributed by atoms with E-state index in [2.05, 4.69) is 10.6 Å². The minimum atomic E-state index is -1.09. The number of carbonyl (C=O) groups is 3. The number of nitrogens with one attached hydrogen (secondary N) is 2. The summed E-state index contributed by atoms with van der Waals surface area (Å²) in [5, 5.41) is 5.09. The van der Waals surface area contributed by atoms with Crippen LogP contribution in [-0.2, 0) is 14.4 Å². The van der Waals surface area contributed by atoms with Crippen molar-refractivity contribution in [2.75, 3.05) is 5.32 Å². The minimum Gasteiger partial charge on any atom is -0.329 e. The number of allylic oxidation sites excluding steroid dienone is 1. The monoisotopic (exact) mass is 320 g/mol. The second kappa shape index (κ2) is 5.91. The molecule has 5 nitrogen and oxygen atoms in total. The van der Waals surface area contributed by atoms with Crippen molar-refractivity contribution in [3.63, 3.8) is 0 Å². The third-order valence-electron chi connectivity index (χ3n) is 3.99. The predicted octanol–water partition coefficient (Wildman–Crippen LogP) is 2.05. The van der Waals surface area contributed by atoms with Crippen LogP contribution >= 0.6 is 0 Å². The number of ketones is 1. The highest BCUT2D eigenvalue weighted by molar-refractivity contribution is 6.08. The summed E-state index contributed by atoms with van der Waals surface area (Å²) in [5.74, 6) is -4.07. The maximum absolute atomic E-state index is 13.2. The molecule has 0 saturated heterocycles. The third-order valence-corrected chi connectivity index (χ3v) is 3.99. The van der Waals surface area contributed by atoms with Gasteiger partial charge in [0.2, 0.25) is 11.8 Å². The third kappa shape index (κ3) is 2.99. The SMILES string of the molecule is O=C1CC(C(=O)Nc2ccc(F)c(F)c2)C2=C(CCCC2=O)N1. The van der Waals surface area contributed by atoms with Crippen LogP contribution in [0, 0.1) is 17.6 Å². The molecule has 1 atom stereocenters. The number of Topliss-reactive ketones (excluding diaryl/α,β-unsaturated/α-hetero) is 1. The number of amides is 2. The van der Waals surface area contributed by atoms with Gasteiger partial charge in [-0.2, -0.15) is 0 Å². The number of hydrogen-bond donors (Lipinski definition) is 2. The summed E-state index contributed by atoms with van der Waals surface area (Å²) in [6.45, 7) is 0. The molecule has 2 amide bonds. The number of benzene rings is 1. The topological polar surface area (TPSA) is 75.3 Å². The fraction of sp³-hybridized carbons (Fsp3) is 0.312. The number of rotatable bonds is 2. The van der Waals surface area contributed by atoms with Crippen LogP contribution in [0.5, 0.6) is 0 Å². The predicted molar refractivity (Wildman–Crippen MR) is 77.1 cm³/mol. The Kier molecular flexibility index (Phi) is 3.94. The van der Waals surface area contributed by atoms with Crippen LogP contribution < -0.4 is 10.6 Å². The van der Waals surface area contributed by atoms with Crippen LogP contribution in [0.4, 0.5) is 14.5 Å². The van der Waals surface area contributed by atoms with E-state index in [0.29, 0.717) is 30.5 Å². The van der Waals surface area contributed by atoms with Gasteiger partial charge in [0.25, 0.3) is 0 Å². The van der Waals surface area contributed by atoms with Gasteiger partial charge in [-0.05, 0) is 25.0 Å². The van der Waals surface area contributed by atoms with Crippen molar-refractivity contribution in [3.8, 4) is 0 Å². The molecule has 0 bridgehead atoms. The molecule has 1 heterocycles. The first-order chi connectivity index (χ1) is 11.0. The number of hydrogen-bond acceptors (Lipinski definition) is 3. The summed E-state index contributed by atoms with van der Waals surface area (Å²) < 4.78 is 26.1. The first-order valence-corrected chi connectivity index (χ1v) is 7.27. The molecule has 2 aliphatic rings. The van der Waals surface area contributed by atoms with Gasteiger partial charge in [0.1, 0.15) is 0 Å². The number of halogens is 2. The van der Waals surface area contributed by atoms with Crippen LogP contribution in [0.15, 0.2) is 29.5 Å². The zero-order valence-corrected chi connectivity index (χ0v) is 12.1. The van der Waals surface area contributed by atoms with Crippen molar-refractivity contribution >= 4 is 23.3 Å². The molecule has 7 heteroatoms. The quantitative estimate of drug-likeness (QED) is 0.876. The Morgan fingerprint density at radius 3 is 2.70 bits per heavy atom. The Balaban J connectivity index is 1.86. The molecule has 1 aromatic rings. The molecular formula is C16H14F2N2O3. The average Bonchev–Trinajstić information content (AvgIpc) is 2.50. The summed E-state index contributed by atoms with van der Waals surface area (Å²) in [7, 11) is 0. The number of carbonyl (C=O) groups excluding carboxylic acids is 3. The van der Waals surface area contributed by atoms with E-state index in [9.17, 15) is 23.2 Å². The second-order valence-corrected chi connectivity index (χ2v) is 5.59. The molecular weight excluding hydrogens is 306 g/mol. The van der Waals surface area contributed by atoms with Crippen LogP contribution in [0.3, 0.4) is 0 Å². The maximum Gasteiger partial charge on any atom is 0.232 e. The van der Waals surface area contributed by atoms with E-state index in [1.54, 1.807) is 0 Å². The lowest BCUT2D eigenvalue weighted by Crippen LogP contribution is -2.41. The Labute approximate surface area is 130 Å². The van der Waals surface area contributed by atoms with E-state index in [4.69, 9.17) is 0 Å². The summed E-state index contributed by atoms with van der Waals surface area (Å²) in [6.07, 6.45) is 1.38. The molecule has 1 aliphatic carbocycles. The molecule has 0 radical (unpaired) electrons. The van der Waals surface area contributed by atoms with Gasteiger partial charge in [-0.1, -0.05) is 0 Å². The summed E-state index contributed by atoms with van der Waals surface area (Å²) >= 11 is 0. The van der Waals surface area contributed by atoms with E-state index in [1.165, 1.54) is 6.07 Å². The van der Waals surface area contributed by atoms with Gasteiger partial charge in [-0.25, -0.2) is 8.78 Å². The highest BCUT2D eigenvalue weighted by Gasteiger charge is 2.37. The van der Waals surface area contributed by atoms with E-state index >= 15 is 0 Å². The molecule has 1 aliphatic heterocycles. The summed E-state index contributed by atoms with van der Waals surface area (Å²) in [4.78, 5) is 36.3. The van der Waals surface area contributed by atoms with Gasteiger partial charge >= 0.3 is 0 Å². The molecule has 23 heavy (non-hydrogen) atoms. The second-order valence-electron chi connectivity index (χ2n) is 5.59. The minimum absolute atomic E-state index is 0.0743. The van der Waals surface area contributed by atoms with Crippen LogP contribution in [-0.4, -0.2) is 17.6 Å². The number of anilines is 1. The molecule has 0 fully saturated rings. The molecule has 120 valence electrons. The van der Waals surface area contributed by atoms with Crippen LogP contribution in [0.2, 0.25) is 0 Å². The lowest BCUT2D eigenvalue weighted by molar-refractivity contribution is -0.128. The summed E-state index contributed by atoms with van der Waals surface area (Å²) in [6, 6.07) is 2.97. The van der Waals surface area contributed by atoms with Gasteiger partial charge < -0.3 is 10.6 Å². The maximum atomic E-state index is 13.2. The van der Waals surface area contributed by atoms with Crippen molar-refractivity contribution < 1.29 is 23.2 Å². The molecule has 0 spiro atoms. The first-order valence-electron chi connectivity index (χ1n) is 7.27.